The van der Waals surface area contributed by atoms with Crippen LogP contribution in [0.3, 0.4) is 0 Å². The normalized spacial score (nSPS) is 11.1. The molecular weight excluding hydrogens is 278 g/mol. The average Bonchev–Trinajstić information content (AvgIpc) is 2.87. The maximum absolute atomic E-state index is 12.2. The van der Waals surface area contributed by atoms with Crippen molar-refractivity contribution in [3.8, 4) is 5.75 Å². The number of hydrazone groups is 1. The lowest BCUT2D eigenvalue weighted by atomic mass is 10.2. The van der Waals surface area contributed by atoms with Crippen LogP contribution >= 0.6 is 0 Å². The molecule has 0 aliphatic rings. The highest BCUT2D eigenvalue weighted by atomic mass is 16.3. The molecular formula is C17H15N3O2. The first-order chi connectivity index (χ1) is 10.7. The van der Waals surface area contributed by atoms with E-state index in [0.717, 1.165) is 10.9 Å². The minimum Gasteiger partial charge on any atom is -0.507 e. The largest absolute Gasteiger partial charge is 0.507 e. The number of phenolic OH excluding ortho intramolecular Hbond substituents is 1. The molecule has 5 nitrogen and oxygen atoms in total. The number of para-hydroxylation sites is 2. The van der Waals surface area contributed by atoms with Gasteiger partial charge in [-0.15, -0.1) is 0 Å². The van der Waals surface area contributed by atoms with Crippen LogP contribution in [0, 0.1) is 0 Å². The summed E-state index contributed by atoms with van der Waals surface area (Å²) in [5.41, 5.74) is 4.57. The van der Waals surface area contributed by atoms with Gasteiger partial charge in [0, 0.05) is 29.7 Å². The van der Waals surface area contributed by atoms with Crippen molar-refractivity contribution in [2.75, 3.05) is 0 Å². The summed E-state index contributed by atoms with van der Waals surface area (Å²) in [5.74, 6) is -0.172. The maximum Gasteiger partial charge on any atom is 0.273 e. The molecule has 0 saturated heterocycles. The van der Waals surface area contributed by atoms with Gasteiger partial charge in [-0.05, 0) is 18.2 Å². The smallest absolute Gasteiger partial charge is 0.273 e. The second-order valence-electron chi connectivity index (χ2n) is 4.93. The Balaban J connectivity index is 1.81. The fraction of sp³-hybridized carbons (Fsp3) is 0.0588. The summed E-state index contributed by atoms with van der Waals surface area (Å²) < 4.78 is 1.90. The van der Waals surface area contributed by atoms with Gasteiger partial charge in [0.25, 0.3) is 5.91 Å². The van der Waals surface area contributed by atoms with Crippen LogP contribution in [-0.2, 0) is 7.05 Å². The number of rotatable bonds is 3. The zero-order chi connectivity index (χ0) is 15.5. The van der Waals surface area contributed by atoms with Crippen LogP contribution in [0.5, 0.6) is 5.75 Å². The van der Waals surface area contributed by atoms with Gasteiger partial charge >= 0.3 is 0 Å². The van der Waals surface area contributed by atoms with Gasteiger partial charge in [0.2, 0.25) is 0 Å². The van der Waals surface area contributed by atoms with Gasteiger partial charge in [-0.25, -0.2) is 5.43 Å². The molecule has 0 saturated carbocycles. The van der Waals surface area contributed by atoms with Gasteiger partial charge in [0.1, 0.15) is 5.75 Å². The molecule has 3 rings (SSSR count). The summed E-state index contributed by atoms with van der Waals surface area (Å²) in [7, 11) is 1.89. The van der Waals surface area contributed by atoms with Gasteiger partial charge in [0.15, 0.2) is 0 Å². The number of nitrogens with one attached hydrogen (secondary N) is 1. The molecule has 0 unspecified atom stereocenters. The third kappa shape index (κ3) is 2.56. The standard InChI is InChI=1S/C17H15N3O2/c1-20-11-14(13-7-3-4-8-15(13)20)17(22)19-18-10-12-6-2-5-9-16(12)21/h2-11,21H,1H3,(H,19,22)/b18-10-. The van der Waals surface area contributed by atoms with E-state index < -0.39 is 0 Å². The second-order valence-corrected chi connectivity index (χ2v) is 4.93. The number of phenols is 1. The van der Waals surface area contributed by atoms with E-state index in [9.17, 15) is 9.90 Å². The van der Waals surface area contributed by atoms with Gasteiger partial charge in [-0.1, -0.05) is 30.3 Å². The number of hydrogen-bond acceptors (Lipinski definition) is 3. The fourth-order valence-corrected chi connectivity index (χ4v) is 2.34. The van der Waals surface area contributed by atoms with E-state index in [1.54, 1.807) is 30.5 Å². The van der Waals surface area contributed by atoms with Gasteiger partial charge in [-0.3, -0.25) is 4.79 Å². The zero-order valence-corrected chi connectivity index (χ0v) is 12.0. The Kier molecular flexibility index (Phi) is 3.62. The number of aromatic hydroxyl groups is 1. The van der Waals surface area contributed by atoms with E-state index in [1.807, 2.05) is 35.9 Å². The highest BCUT2D eigenvalue weighted by molar-refractivity contribution is 6.07. The van der Waals surface area contributed by atoms with Crippen molar-refractivity contribution < 1.29 is 9.90 Å². The van der Waals surface area contributed by atoms with E-state index in [-0.39, 0.29) is 11.7 Å². The molecule has 2 N–H and O–H groups in total. The van der Waals surface area contributed by atoms with E-state index in [1.165, 1.54) is 6.21 Å². The van der Waals surface area contributed by atoms with E-state index in [0.29, 0.717) is 11.1 Å². The molecule has 0 atom stereocenters. The second kappa shape index (κ2) is 5.73. The topological polar surface area (TPSA) is 66.6 Å². The van der Waals surface area contributed by atoms with Crippen molar-refractivity contribution in [1.29, 1.82) is 0 Å². The van der Waals surface area contributed by atoms with Gasteiger partial charge < -0.3 is 9.67 Å². The summed E-state index contributed by atoms with van der Waals surface area (Å²) in [6.45, 7) is 0. The van der Waals surface area contributed by atoms with Crippen molar-refractivity contribution in [2.45, 2.75) is 0 Å². The summed E-state index contributed by atoms with van der Waals surface area (Å²) >= 11 is 0. The molecule has 0 spiro atoms. The number of carbonyl (C=O) groups is 1. The molecule has 0 radical (unpaired) electrons. The van der Waals surface area contributed by atoms with Crippen LogP contribution in [-0.4, -0.2) is 21.8 Å². The van der Waals surface area contributed by atoms with Crippen LogP contribution < -0.4 is 5.43 Å². The third-order valence-corrected chi connectivity index (χ3v) is 3.45. The number of aromatic nitrogens is 1. The van der Waals surface area contributed by atoms with Crippen LogP contribution in [0.4, 0.5) is 0 Å². The highest BCUT2D eigenvalue weighted by Crippen LogP contribution is 2.20. The molecule has 5 heteroatoms. The monoisotopic (exact) mass is 293 g/mol. The van der Waals surface area contributed by atoms with Gasteiger partial charge in [0.05, 0.1) is 11.8 Å². The summed E-state index contributed by atoms with van der Waals surface area (Å²) in [6, 6.07) is 14.5. The fourth-order valence-electron chi connectivity index (χ4n) is 2.34. The lowest BCUT2D eigenvalue weighted by Gasteiger charge is -1.99. The lowest BCUT2D eigenvalue weighted by Crippen LogP contribution is -2.17. The van der Waals surface area contributed by atoms with Crippen molar-refractivity contribution in [3.05, 3.63) is 65.9 Å². The number of aryl methyl sites for hydroxylation is 1. The number of carbonyl (C=O) groups excluding carboxylic acids is 1. The molecule has 1 amide bonds. The Morgan fingerprint density at radius 3 is 2.73 bits per heavy atom. The summed E-state index contributed by atoms with van der Waals surface area (Å²) in [5, 5.41) is 14.4. The molecule has 22 heavy (non-hydrogen) atoms. The zero-order valence-electron chi connectivity index (χ0n) is 12.0. The third-order valence-electron chi connectivity index (χ3n) is 3.45. The number of hydrogen-bond donors (Lipinski definition) is 2. The molecule has 0 fully saturated rings. The van der Waals surface area contributed by atoms with Crippen molar-refractivity contribution in [2.24, 2.45) is 12.1 Å². The van der Waals surface area contributed by atoms with Crippen LogP contribution in [0.15, 0.2) is 59.8 Å². The van der Waals surface area contributed by atoms with E-state index >= 15 is 0 Å². The van der Waals surface area contributed by atoms with E-state index in [2.05, 4.69) is 10.5 Å². The predicted molar refractivity (Wildman–Crippen MR) is 86.1 cm³/mol. The summed E-state index contributed by atoms with van der Waals surface area (Å²) in [6.07, 6.45) is 3.19. The Hall–Kier alpha value is -3.08. The molecule has 3 aromatic rings. The minimum atomic E-state index is -0.288. The highest BCUT2D eigenvalue weighted by Gasteiger charge is 2.12. The first kappa shape index (κ1) is 13.9. The Morgan fingerprint density at radius 2 is 1.91 bits per heavy atom. The first-order valence-corrected chi connectivity index (χ1v) is 6.82. The number of nitrogens with zero attached hydrogens (tertiary/aromatic N) is 2. The maximum atomic E-state index is 12.2. The van der Waals surface area contributed by atoms with Crippen molar-refractivity contribution in [3.63, 3.8) is 0 Å². The lowest BCUT2D eigenvalue weighted by molar-refractivity contribution is 0.0956. The van der Waals surface area contributed by atoms with Crippen molar-refractivity contribution in [1.82, 2.24) is 9.99 Å². The molecule has 110 valence electrons. The number of fused-ring (bicyclic) bond motifs is 1. The Morgan fingerprint density at radius 1 is 1.18 bits per heavy atom. The first-order valence-electron chi connectivity index (χ1n) is 6.82. The minimum absolute atomic E-state index is 0.116. The van der Waals surface area contributed by atoms with Crippen molar-refractivity contribution >= 4 is 23.0 Å². The molecule has 1 heterocycles. The molecule has 1 aromatic heterocycles. The molecule has 0 aliphatic carbocycles. The Bertz CT molecular complexity index is 865. The van der Waals surface area contributed by atoms with Crippen LogP contribution in [0.2, 0.25) is 0 Å². The number of benzene rings is 2. The SMILES string of the molecule is Cn1cc(C(=O)N/N=C\c2ccccc2O)c2ccccc21. The van der Waals surface area contributed by atoms with Crippen LogP contribution in [0.25, 0.3) is 10.9 Å². The molecule has 0 aliphatic heterocycles. The van der Waals surface area contributed by atoms with E-state index in [4.69, 9.17) is 0 Å². The predicted octanol–water partition coefficient (Wildman–Crippen LogP) is 2.65. The average molecular weight is 293 g/mol. The Labute approximate surface area is 127 Å². The number of amides is 1. The molecule has 0 bridgehead atoms. The van der Waals surface area contributed by atoms with Gasteiger partial charge in [-0.2, -0.15) is 5.10 Å². The summed E-state index contributed by atoms with van der Waals surface area (Å²) in [4.78, 5) is 12.2. The molecule has 2 aromatic carbocycles. The quantitative estimate of drug-likeness (QED) is 0.576. The van der Waals surface area contributed by atoms with Crippen LogP contribution in [0.1, 0.15) is 15.9 Å².